The van der Waals surface area contributed by atoms with Crippen molar-refractivity contribution >= 4 is 40.7 Å². The van der Waals surface area contributed by atoms with Crippen molar-refractivity contribution < 1.29 is 9.59 Å². The summed E-state index contributed by atoms with van der Waals surface area (Å²) in [5.74, 6) is 0.300. The van der Waals surface area contributed by atoms with Crippen molar-refractivity contribution in [2.45, 2.75) is 44.6 Å². The lowest BCUT2D eigenvalue weighted by atomic mass is 9.84. The van der Waals surface area contributed by atoms with E-state index in [1.54, 1.807) is 0 Å². The molecule has 1 N–H and O–H groups in total. The van der Waals surface area contributed by atoms with Crippen LogP contribution in [0.3, 0.4) is 0 Å². The molecule has 2 aromatic carbocycles. The van der Waals surface area contributed by atoms with Gasteiger partial charge in [-0.15, -0.1) is 0 Å². The summed E-state index contributed by atoms with van der Waals surface area (Å²) in [7, 11) is 0. The number of benzene rings is 2. The highest BCUT2D eigenvalue weighted by Crippen LogP contribution is 2.29. The number of anilines is 1. The molecule has 1 aliphatic carbocycles. The van der Waals surface area contributed by atoms with E-state index < -0.39 is 0 Å². The van der Waals surface area contributed by atoms with Gasteiger partial charge in [0.25, 0.3) is 0 Å². The minimum Gasteiger partial charge on any atom is -0.368 e. The number of halogens is 2. The maximum absolute atomic E-state index is 13.2. The molecule has 4 rings (SSSR count). The topological polar surface area (TPSA) is 52.7 Å². The highest BCUT2D eigenvalue weighted by molar-refractivity contribution is 6.42. The quantitative estimate of drug-likeness (QED) is 0.626. The fourth-order valence-corrected chi connectivity index (χ4v) is 5.16. The lowest BCUT2D eigenvalue weighted by molar-refractivity contribution is -0.137. The molecule has 1 heterocycles. The Morgan fingerprint density at radius 1 is 0.939 bits per heavy atom. The van der Waals surface area contributed by atoms with Gasteiger partial charge in [-0.25, -0.2) is 0 Å². The first-order valence-corrected chi connectivity index (χ1v) is 12.6. The van der Waals surface area contributed by atoms with E-state index in [2.05, 4.69) is 10.2 Å². The molecule has 0 spiro atoms. The second kappa shape index (κ2) is 11.3. The number of hydrogen-bond acceptors (Lipinski definition) is 3. The second-order valence-corrected chi connectivity index (χ2v) is 9.84. The van der Waals surface area contributed by atoms with Gasteiger partial charge < -0.3 is 15.1 Å². The van der Waals surface area contributed by atoms with E-state index in [-0.39, 0.29) is 23.8 Å². The van der Waals surface area contributed by atoms with Crippen LogP contribution in [0.2, 0.25) is 10.0 Å². The minimum atomic E-state index is -0.00491. The van der Waals surface area contributed by atoms with Crippen LogP contribution in [-0.2, 0) is 16.0 Å². The molecule has 7 heteroatoms. The molecule has 2 atom stereocenters. The molecule has 1 saturated heterocycles. The number of rotatable bonds is 6. The highest BCUT2D eigenvalue weighted by atomic mass is 35.5. The van der Waals surface area contributed by atoms with Gasteiger partial charge in [0.15, 0.2) is 0 Å². The molecule has 2 amide bonds. The molecule has 5 nitrogen and oxygen atoms in total. The van der Waals surface area contributed by atoms with Crippen molar-refractivity contribution in [1.29, 1.82) is 0 Å². The van der Waals surface area contributed by atoms with E-state index in [4.69, 9.17) is 23.2 Å². The molecule has 2 aliphatic rings. The molecular weight excluding hydrogens is 457 g/mol. The van der Waals surface area contributed by atoms with Gasteiger partial charge in [-0.2, -0.15) is 0 Å². The Kier molecular flexibility index (Phi) is 8.15. The molecule has 1 saturated carbocycles. The van der Waals surface area contributed by atoms with E-state index in [1.807, 2.05) is 53.4 Å². The maximum Gasteiger partial charge on any atom is 0.225 e. The number of carbonyl (C=O) groups is 2. The van der Waals surface area contributed by atoms with Crippen LogP contribution in [0.5, 0.6) is 0 Å². The van der Waals surface area contributed by atoms with E-state index in [1.165, 1.54) is 5.56 Å². The summed E-state index contributed by atoms with van der Waals surface area (Å²) in [5, 5.41) is 4.27. The monoisotopic (exact) mass is 487 g/mol. The predicted molar refractivity (Wildman–Crippen MR) is 134 cm³/mol. The molecule has 2 aromatic rings. The first-order chi connectivity index (χ1) is 16.0. The zero-order chi connectivity index (χ0) is 23.2. The van der Waals surface area contributed by atoms with Gasteiger partial charge in [-0.3, -0.25) is 9.59 Å². The summed E-state index contributed by atoms with van der Waals surface area (Å²) in [4.78, 5) is 29.9. The first kappa shape index (κ1) is 23.9. The van der Waals surface area contributed by atoms with Gasteiger partial charge in [0.2, 0.25) is 11.8 Å². The summed E-state index contributed by atoms with van der Waals surface area (Å²) in [5.41, 5.74) is 2.21. The van der Waals surface area contributed by atoms with E-state index in [9.17, 15) is 9.59 Å². The Morgan fingerprint density at radius 3 is 2.42 bits per heavy atom. The van der Waals surface area contributed by atoms with Crippen LogP contribution in [0.25, 0.3) is 0 Å². The van der Waals surface area contributed by atoms with E-state index >= 15 is 0 Å². The van der Waals surface area contributed by atoms with Gasteiger partial charge in [0.05, 0.1) is 10.0 Å². The normalized spacial score (nSPS) is 21.0. The van der Waals surface area contributed by atoms with E-state index in [0.717, 1.165) is 50.9 Å². The molecule has 176 valence electrons. The van der Waals surface area contributed by atoms with Gasteiger partial charge >= 0.3 is 0 Å². The van der Waals surface area contributed by atoms with Gasteiger partial charge in [0, 0.05) is 50.2 Å². The molecule has 33 heavy (non-hydrogen) atoms. The smallest absolute Gasteiger partial charge is 0.225 e. The third kappa shape index (κ3) is 6.42. The third-order valence-electron chi connectivity index (χ3n) is 6.73. The van der Waals surface area contributed by atoms with Gasteiger partial charge in [-0.1, -0.05) is 60.0 Å². The average Bonchev–Trinajstić information content (AvgIpc) is 2.85. The average molecular weight is 488 g/mol. The van der Waals surface area contributed by atoms with Crippen molar-refractivity contribution in [2.24, 2.45) is 5.92 Å². The maximum atomic E-state index is 13.2. The zero-order valence-electron chi connectivity index (χ0n) is 18.8. The van der Waals surface area contributed by atoms with Crippen LogP contribution >= 0.6 is 23.2 Å². The number of nitrogens with one attached hydrogen (secondary N) is 1. The van der Waals surface area contributed by atoms with Crippen LogP contribution in [0.4, 0.5) is 5.69 Å². The van der Waals surface area contributed by atoms with E-state index in [0.29, 0.717) is 29.6 Å². The number of hydrogen-bond donors (Lipinski definition) is 1. The fraction of sp³-hybridized carbons (Fsp3) is 0.462. The Balaban J connectivity index is 1.24. The first-order valence-electron chi connectivity index (χ1n) is 11.8. The van der Waals surface area contributed by atoms with Crippen LogP contribution in [-0.4, -0.2) is 48.9 Å². The summed E-state index contributed by atoms with van der Waals surface area (Å²) in [6.07, 6.45) is 4.79. The van der Waals surface area contributed by atoms with Crippen molar-refractivity contribution in [3.05, 3.63) is 64.1 Å². The number of amides is 2. The Bertz CT molecular complexity index is 961. The minimum absolute atomic E-state index is 0.00491. The van der Waals surface area contributed by atoms with Crippen molar-refractivity contribution in [3.63, 3.8) is 0 Å². The zero-order valence-corrected chi connectivity index (χ0v) is 20.3. The predicted octanol–water partition coefficient (Wildman–Crippen LogP) is 4.95. The molecule has 0 aromatic heterocycles. The van der Waals surface area contributed by atoms with Crippen molar-refractivity contribution in [3.8, 4) is 0 Å². The van der Waals surface area contributed by atoms with Crippen LogP contribution < -0.4 is 10.2 Å². The molecule has 1 aliphatic heterocycles. The number of carbonyl (C=O) groups excluding carboxylic acids is 2. The standard InChI is InChI=1S/C26H31Cl2N3O2/c27-23-11-10-22(18-24(23)28)30-13-15-31(16-14-30)26(33)20-7-4-8-21(17-20)29-25(32)12-9-19-5-2-1-3-6-19/h1-3,5-6,10-11,18,20-21H,4,7-9,12-17H2,(H,29,32). The van der Waals surface area contributed by atoms with Crippen LogP contribution in [0.1, 0.15) is 37.7 Å². The SMILES string of the molecule is O=C(CCc1ccccc1)NC1CCCC(C(=O)N2CCN(c3ccc(Cl)c(Cl)c3)CC2)C1. The Labute approximate surface area is 206 Å². The summed E-state index contributed by atoms with van der Waals surface area (Å²) < 4.78 is 0. The molecule has 0 radical (unpaired) electrons. The lowest BCUT2D eigenvalue weighted by Crippen LogP contribution is -2.51. The summed E-state index contributed by atoms with van der Waals surface area (Å²) in [6, 6.07) is 15.8. The number of nitrogens with zero attached hydrogens (tertiary/aromatic N) is 2. The van der Waals surface area contributed by atoms with Crippen molar-refractivity contribution in [2.75, 3.05) is 31.1 Å². The molecule has 0 bridgehead atoms. The largest absolute Gasteiger partial charge is 0.368 e. The number of aryl methyl sites for hydroxylation is 1. The molecular formula is C26H31Cl2N3O2. The second-order valence-electron chi connectivity index (χ2n) is 9.02. The molecule has 2 fully saturated rings. The highest BCUT2D eigenvalue weighted by Gasteiger charge is 2.32. The summed E-state index contributed by atoms with van der Waals surface area (Å²) in [6.45, 7) is 2.94. The third-order valence-corrected chi connectivity index (χ3v) is 7.47. The van der Waals surface area contributed by atoms with Gasteiger partial charge in [0.1, 0.15) is 0 Å². The Hall–Kier alpha value is -2.24. The Morgan fingerprint density at radius 2 is 1.70 bits per heavy atom. The van der Waals surface area contributed by atoms with Gasteiger partial charge in [-0.05, 0) is 49.4 Å². The fourth-order valence-electron chi connectivity index (χ4n) is 4.87. The lowest BCUT2D eigenvalue weighted by Gasteiger charge is -2.39. The van der Waals surface area contributed by atoms with Crippen molar-refractivity contribution in [1.82, 2.24) is 10.2 Å². The van der Waals surface area contributed by atoms with Crippen LogP contribution in [0.15, 0.2) is 48.5 Å². The van der Waals surface area contributed by atoms with Crippen LogP contribution in [0, 0.1) is 5.92 Å². The molecule has 2 unspecified atom stereocenters. The summed E-state index contributed by atoms with van der Waals surface area (Å²) >= 11 is 12.2. The number of piperazine rings is 1.